The molecule has 0 saturated carbocycles. The lowest BCUT2D eigenvalue weighted by Gasteiger charge is -2.09. The molecule has 2 rings (SSSR count). The first kappa shape index (κ1) is 13.6. The summed E-state index contributed by atoms with van der Waals surface area (Å²) < 4.78 is 26.7. The number of aromatic nitrogens is 2. The molecule has 0 aliphatic heterocycles. The van der Waals surface area contributed by atoms with Gasteiger partial charge in [-0.15, -0.1) is 0 Å². The first-order chi connectivity index (χ1) is 8.99. The molecule has 0 saturated heterocycles. The fourth-order valence-electron chi connectivity index (χ4n) is 1.73. The van der Waals surface area contributed by atoms with E-state index >= 15 is 0 Å². The Labute approximate surface area is 112 Å². The fourth-order valence-corrected chi connectivity index (χ4v) is 2.87. The maximum absolute atomic E-state index is 12.1. The molecular formula is C12H16N4O2S. The maximum Gasteiger partial charge on any atom is 0.242 e. The highest BCUT2D eigenvalue weighted by Crippen LogP contribution is 2.19. The number of H-pyrrole nitrogens is 1. The summed E-state index contributed by atoms with van der Waals surface area (Å²) in [5.41, 5.74) is 7.80. The monoisotopic (exact) mass is 280 g/mol. The highest BCUT2D eigenvalue weighted by atomic mass is 32.2. The zero-order valence-electron chi connectivity index (χ0n) is 10.6. The quantitative estimate of drug-likeness (QED) is 0.706. The molecule has 0 atom stereocenters. The van der Waals surface area contributed by atoms with Gasteiger partial charge in [0, 0.05) is 24.9 Å². The average Bonchev–Trinajstić information content (AvgIpc) is 2.81. The number of nitrogens with two attached hydrogens (primary N) is 1. The number of benzene rings is 1. The minimum atomic E-state index is -3.57. The van der Waals surface area contributed by atoms with Crippen LogP contribution in [0.5, 0.6) is 0 Å². The molecule has 0 spiro atoms. The Hall–Kier alpha value is -1.86. The van der Waals surface area contributed by atoms with Crippen molar-refractivity contribution in [3.8, 4) is 0 Å². The van der Waals surface area contributed by atoms with Gasteiger partial charge in [-0.3, -0.25) is 0 Å². The molecule has 0 unspecified atom stereocenters. The number of hydrogen-bond donors (Lipinski definition) is 3. The highest BCUT2D eigenvalue weighted by molar-refractivity contribution is 7.89. The van der Waals surface area contributed by atoms with Gasteiger partial charge in [0.15, 0.2) is 0 Å². The SMILES string of the molecule is Cc1ccc(S(=O)(=O)NCCc2cnc[nH]2)c(N)c1. The van der Waals surface area contributed by atoms with Gasteiger partial charge in [0.05, 0.1) is 12.0 Å². The molecule has 102 valence electrons. The van der Waals surface area contributed by atoms with Gasteiger partial charge < -0.3 is 10.7 Å². The Kier molecular flexibility index (Phi) is 3.87. The van der Waals surface area contributed by atoms with Crippen molar-refractivity contribution in [3.63, 3.8) is 0 Å². The van der Waals surface area contributed by atoms with Crippen LogP contribution < -0.4 is 10.5 Å². The molecule has 0 radical (unpaired) electrons. The summed E-state index contributed by atoms with van der Waals surface area (Å²) in [6.07, 6.45) is 3.77. The van der Waals surface area contributed by atoms with Gasteiger partial charge in [0.1, 0.15) is 4.90 Å². The minimum Gasteiger partial charge on any atom is -0.398 e. The van der Waals surface area contributed by atoms with E-state index in [0.29, 0.717) is 6.42 Å². The highest BCUT2D eigenvalue weighted by Gasteiger charge is 2.16. The number of hydrogen-bond acceptors (Lipinski definition) is 4. The van der Waals surface area contributed by atoms with Crippen molar-refractivity contribution in [3.05, 3.63) is 42.0 Å². The molecule has 2 aromatic rings. The molecule has 0 fully saturated rings. The predicted molar refractivity (Wildman–Crippen MR) is 73.1 cm³/mol. The Morgan fingerprint density at radius 2 is 2.21 bits per heavy atom. The molecule has 0 amide bonds. The fraction of sp³-hybridized carbons (Fsp3) is 0.250. The van der Waals surface area contributed by atoms with E-state index in [2.05, 4.69) is 14.7 Å². The first-order valence-corrected chi connectivity index (χ1v) is 7.30. The van der Waals surface area contributed by atoms with Crippen LogP contribution in [-0.2, 0) is 16.4 Å². The van der Waals surface area contributed by atoms with Gasteiger partial charge >= 0.3 is 0 Å². The number of imidazole rings is 1. The summed E-state index contributed by atoms with van der Waals surface area (Å²) in [5, 5.41) is 0. The summed E-state index contributed by atoms with van der Waals surface area (Å²) >= 11 is 0. The van der Waals surface area contributed by atoms with Crippen LogP contribution in [0.3, 0.4) is 0 Å². The zero-order chi connectivity index (χ0) is 13.9. The second-order valence-corrected chi connectivity index (χ2v) is 6.00. The van der Waals surface area contributed by atoms with Gasteiger partial charge in [-0.2, -0.15) is 0 Å². The lowest BCUT2D eigenvalue weighted by atomic mass is 10.2. The van der Waals surface area contributed by atoms with Crippen LogP contribution >= 0.6 is 0 Å². The van der Waals surface area contributed by atoms with Crippen molar-refractivity contribution >= 4 is 15.7 Å². The van der Waals surface area contributed by atoms with Gasteiger partial charge in [0.25, 0.3) is 0 Å². The van der Waals surface area contributed by atoms with E-state index in [4.69, 9.17) is 5.73 Å². The van der Waals surface area contributed by atoms with Gasteiger partial charge in [0.2, 0.25) is 10.0 Å². The van der Waals surface area contributed by atoms with Crippen LogP contribution in [0.1, 0.15) is 11.3 Å². The Morgan fingerprint density at radius 3 is 2.84 bits per heavy atom. The van der Waals surface area contributed by atoms with Crippen LogP contribution in [-0.4, -0.2) is 24.9 Å². The van der Waals surface area contributed by atoms with Gasteiger partial charge in [-0.25, -0.2) is 18.1 Å². The Bertz CT molecular complexity index is 650. The second-order valence-electron chi connectivity index (χ2n) is 4.27. The average molecular weight is 280 g/mol. The molecule has 0 aliphatic carbocycles. The van der Waals surface area contributed by atoms with Gasteiger partial charge in [-0.1, -0.05) is 6.07 Å². The molecule has 7 heteroatoms. The van der Waals surface area contributed by atoms with Crippen molar-refractivity contribution in [2.45, 2.75) is 18.2 Å². The van der Waals surface area contributed by atoms with Crippen molar-refractivity contribution in [1.82, 2.24) is 14.7 Å². The number of sulfonamides is 1. The van der Waals surface area contributed by atoms with Gasteiger partial charge in [-0.05, 0) is 24.6 Å². The maximum atomic E-state index is 12.1. The number of anilines is 1. The van der Waals surface area contributed by atoms with Crippen LogP contribution in [0.4, 0.5) is 5.69 Å². The third kappa shape index (κ3) is 3.33. The molecule has 1 aromatic heterocycles. The van der Waals surface area contributed by atoms with Crippen LogP contribution in [0.2, 0.25) is 0 Å². The van der Waals surface area contributed by atoms with Crippen LogP contribution in [0.25, 0.3) is 0 Å². The van der Waals surface area contributed by atoms with E-state index in [1.165, 1.54) is 6.07 Å². The number of aromatic amines is 1. The van der Waals surface area contributed by atoms with Crippen molar-refractivity contribution < 1.29 is 8.42 Å². The molecule has 1 heterocycles. The summed E-state index contributed by atoms with van der Waals surface area (Å²) in [7, 11) is -3.57. The lowest BCUT2D eigenvalue weighted by Crippen LogP contribution is -2.26. The topological polar surface area (TPSA) is 101 Å². The molecule has 6 nitrogen and oxygen atoms in total. The van der Waals surface area contributed by atoms with Crippen molar-refractivity contribution in [1.29, 1.82) is 0 Å². The number of nitrogen functional groups attached to an aromatic ring is 1. The van der Waals surface area contributed by atoms with E-state index in [0.717, 1.165) is 11.3 Å². The second kappa shape index (κ2) is 5.41. The van der Waals surface area contributed by atoms with E-state index in [-0.39, 0.29) is 17.1 Å². The summed E-state index contributed by atoms with van der Waals surface area (Å²) in [6.45, 7) is 2.15. The minimum absolute atomic E-state index is 0.114. The largest absolute Gasteiger partial charge is 0.398 e. The van der Waals surface area contributed by atoms with Crippen molar-refractivity contribution in [2.75, 3.05) is 12.3 Å². The number of aryl methyl sites for hydroxylation is 1. The summed E-state index contributed by atoms with van der Waals surface area (Å²) in [6, 6.07) is 4.88. The zero-order valence-corrected chi connectivity index (χ0v) is 11.4. The molecule has 1 aromatic carbocycles. The molecular weight excluding hydrogens is 264 g/mol. The third-order valence-corrected chi connectivity index (χ3v) is 4.23. The molecule has 0 bridgehead atoms. The number of rotatable bonds is 5. The smallest absolute Gasteiger partial charge is 0.242 e. The molecule has 4 N–H and O–H groups in total. The summed E-state index contributed by atoms with van der Waals surface area (Å²) in [4.78, 5) is 6.89. The summed E-state index contributed by atoms with van der Waals surface area (Å²) in [5.74, 6) is 0. The van der Waals surface area contributed by atoms with Crippen molar-refractivity contribution in [2.24, 2.45) is 0 Å². The number of nitrogens with zero attached hydrogens (tertiary/aromatic N) is 1. The predicted octanol–water partition coefficient (Wildman–Crippen LogP) is 0.821. The van der Waals surface area contributed by atoms with Crippen LogP contribution in [0.15, 0.2) is 35.6 Å². The standard InChI is InChI=1S/C12H16N4O2S/c1-9-2-3-12(11(13)6-9)19(17,18)16-5-4-10-7-14-8-15-10/h2-3,6-8,16H,4-5,13H2,1H3,(H,14,15). The third-order valence-electron chi connectivity index (χ3n) is 2.70. The first-order valence-electron chi connectivity index (χ1n) is 5.82. The van der Waals surface area contributed by atoms with E-state index in [1.54, 1.807) is 24.7 Å². The molecule has 19 heavy (non-hydrogen) atoms. The van der Waals surface area contributed by atoms with E-state index in [9.17, 15) is 8.42 Å². The number of nitrogens with one attached hydrogen (secondary N) is 2. The van der Waals surface area contributed by atoms with Crippen LogP contribution in [0, 0.1) is 6.92 Å². The Morgan fingerprint density at radius 1 is 1.42 bits per heavy atom. The van der Waals surface area contributed by atoms with E-state index in [1.807, 2.05) is 6.92 Å². The normalized spacial score (nSPS) is 11.6. The Balaban J connectivity index is 2.05. The molecule has 0 aliphatic rings. The lowest BCUT2D eigenvalue weighted by molar-refractivity contribution is 0.582. The van der Waals surface area contributed by atoms with E-state index < -0.39 is 10.0 Å².